The fourth-order valence-corrected chi connectivity index (χ4v) is 3.33. The molecule has 2 N–H and O–H groups in total. The molecule has 1 saturated heterocycles. The molecule has 2 amide bonds. The van der Waals surface area contributed by atoms with Gasteiger partial charge in [0.1, 0.15) is 5.60 Å². The average molecular weight is 396 g/mol. The second-order valence-electron chi connectivity index (χ2n) is 8.21. The number of rotatable bonds is 5. The van der Waals surface area contributed by atoms with Crippen molar-refractivity contribution in [2.75, 3.05) is 23.3 Å². The summed E-state index contributed by atoms with van der Waals surface area (Å²) in [5, 5.41) is 5.66. The highest BCUT2D eigenvalue weighted by molar-refractivity contribution is 5.95. The number of para-hydroxylation sites is 1. The molecule has 2 aromatic carbocycles. The molecule has 0 unspecified atom stereocenters. The van der Waals surface area contributed by atoms with Crippen molar-refractivity contribution >= 4 is 23.4 Å². The number of hydrogen-bond donors (Lipinski definition) is 2. The van der Waals surface area contributed by atoms with Crippen molar-refractivity contribution in [2.24, 2.45) is 0 Å². The molecule has 2 aromatic rings. The van der Waals surface area contributed by atoms with Gasteiger partial charge < -0.3 is 15.0 Å². The standard InChI is InChI=1S/C23H29N3O3/c1-23(2,3)29-22(28)25-19-12-10-17(11-13-19)21(27)24-16-18-8-4-5-9-20(18)26-14-6-7-15-26/h4-5,8-13H,6-7,14-16H2,1-3H3,(H,24,27)(H,25,28). The molecule has 6 heteroatoms. The summed E-state index contributed by atoms with van der Waals surface area (Å²) in [6, 6.07) is 15.0. The van der Waals surface area contributed by atoms with Crippen LogP contribution in [-0.4, -0.2) is 30.7 Å². The second-order valence-corrected chi connectivity index (χ2v) is 8.21. The zero-order valence-corrected chi connectivity index (χ0v) is 17.3. The average Bonchev–Trinajstić information content (AvgIpc) is 3.20. The molecule has 1 aliphatic heterocycles. The van der Waals surface area contributed by atoms with Crippen molar-refractivity contribution < 1.29 is 14.3 Å². The maximum absolute atomic E-state index is 12.5. The predicted octanol–water partition coefficient (Wildman–Crippen LogP) is 4.56. The number of hydrogen-bond acceptors (Lipinski definition) is 4. The first-order valence-corrected chi connectivity index (χ1v) is 10.0. The van der Waals surface area contributed by atoms with Gasteiger partial charge in [-0.2, -0.15) is 0 Å². The van der Waals surface area contributed by atoms with Gasteiger partial charge in [-0.3, -0.25) is 10.1 Å². The van der Waals surface area contributed by atoms with Crippen LogP contribution in [0.3, 0.4) is 0 Å². The zero-order valence-electron chi connectivity index (χ0n) is 17.3. The van der Waals surface area contributed by atoms with Crippen LogP contribution in [0.15, 0.2) is 48.5 Å². The van der Waals surface area contributed by atoms with Gasteiger partial charge in [-0.1, -0.05) is 18.2 Å². The SMILES string of the molecule is CC(C)(C)OC(=O)Nc1ccc(C(=O)NCc2ccccc2N2CCCC2)cc1. The predicted molar refractivity (Wildman–Crippen MR) is 115 cm³/mol. The Bertz CT molecular complexity index is 850. The number of carbonyl (C=O) groups excluding carboxylic acids is 2. The van der Waals surface area contributed by atoms with E-state index in [2.05, 4.69) is 27.7 Å². The summed E-state index contributed by atoms with van der Waals surface area (Å²) < 4.78 is 5.23. The monoisotopic (exact) mass is 395 g/mol. The van der Waals surface area contributed by atoms with Crippen LogP contribution in [0.5, 0.6) is 0 Å². The fourth-order valence-electron chi connectivity index (χ4n) is 3.33. The molecule has 0 spiro atoms. The Morgan fingerprint density at radius 2 is 1.66 bits per heavy atom. The van der Waals surface area contributed by atoms with Gasteiger partial charge in [-0.05, 0) is 69.5 Å². The van der Waals surface area contributed by atoms with Crippen LogP contribution < -0.4 is 15.5 Å². The van der Waals surface area contributed by atoms with E-state index in [4.69, 9.17) is 4.74 Å². The molecule has 0 aliphatic carbocycles. The highest BCUT2D eigenvalue weighted by atomic mass is 16.6. The van der Waals surface area contributed by atoms with E-state index in [1.807, 2.05) is 32.9 Å². The third-order valence-electron chi connectivity index (χ3n) is 4.67. The quantitative estimate of drug-likeness (QED) is 0.778. The van der Waals surface area contributed by atoms with E-state index >= 15 is 0 Å². The summed E-state index contributed by atoms with van der Waals surface area (Å²) in [6.07, 6.45) is 1.91. The Labute approximate surface area is 172 Å². The summed E-state index contributed by atoms with van der Waals surface area (Å²) in [5.41, 5.74) is 2.87. The van der Waals surface area contributed by atoms with E-state index in [1.165, 1.54) is 18.5 Å². The van der Waals surface area contributed by atoms with E-state index in [9.17, 15) is 9.59 Å². The van der Waals surface area contributed by atoms with Crippen molar-refractivity contribution in [1.29, 1.82) is 0 Å². The maximum atomic E-state index is 12.5. The van der Waals surface area contributed by atoms with Crippen LogP contribution >= 0.6 is 0 Å². The van der Waals surface area contributed by atoms with Gasteiger partial charge in [0.15, 0.2) is 0 Å². The third-order valence-corrected chi connectivity index (χ3v) is 4.67. The number of anilines is 2. The van der Waals surface area contributed by atoms with Crippen LogP contribution in [0.2, 0.25) is 0 Å². The molecular formula is C23H29N3O3. The van der Waals surface area contributed by atoms with Crippen LogP contribution in [-0.2, 0) is 11.3 Å². The first kappa shape index (κ1) is 20.7. The van der Waals surface area contributed by atoms with Crippen LogP contribution in [0.1, 0.15) is 49.5 Å². The van der Waals surface area contributed by atoms with Gasteiger partial charge in [0.25, 0.3) is 5.91 Å². The van der Waals surface area contributed by atoms with Gasteiger partial charge in [0, 0.05) is 36.6 Å². The minimum Gasteiger partial charge on any atom is -0.444 e. The normalized spacial score (nSPS) is 13.8. The summed E-state index contributed by atoms with van der Waals surface area (Å²) in [6.45, 7) is 8.03. The van der Waals surface area contributed by atoms with Crippen molar-refractivity contribution in [1.82, 2.24) is 5.32 Å². The van der Waals surface area contributed by atoms with E-state index in [0.717, 1.165) is 18.7 Å². The van der Waals surface area contributed by atoms with Crippen LogP contribution in [0, 0.1) is 0 Å². The minimum atomic E-state index is -0.560. The highest BCUT2D eigenvalue weighted by Crippen LogP contribution is 2.24. The number of ether oxygens (including phenoxy) is 1. The van der Waals surface area contributed by atoms with E-state index in [-0.39, 0.29) is 5.91 Å². The summed E-state index contributed by atoms with van der Waals surface area (Å²) in [7, 11) is 0. The number of nitrogens with one attached hydrogen (secondary N) is 2. The molecular weight excluding hydrogens is 366 g/mol. The number of carbonyl (C=O) groups is 2. The first-order chi connectivity index (χ1) is 13.8. The molecule has 29 heavy (non-hydrogen) atoms. The minimum absolute atomic E-state index is 0.148. The molecule has 1 aliphatic rings. The number of nitrogens with zero attached hydrogens (tertiary/aromatic N) is 1. The van der Waals surface area contributed by atoms with Crippen molar-refractivity contribution in [3.63, 3.8) is 0 Å². The Morgan fingerprint density at radius 3 is 2.31 bits per heavy atom. The summed E-state index contributed by atoms with van der Waals surface area (Å²) in [5.74, 6) is -0.148. The lowest BCUT2D eigenvalue weighted by Gasteiger charge is -2.21. The number of benzene rings is 2. The maximum Gasteiger partial charge on any atom is 0.412 e. The molecule has 3 rings (SSSR count). The van der Waals surface area contributed by atoms with Gasteiger partial charge in [-0.15, -0.1) is 0 Å². The number of amides is 2. The Morgan fingerprint density at radius 1 is 1.00 bits per heavy atom. The van der Waals surface area contributed by atoms with Crippen LogP contribution in [0.4, 0.5) is 16.2 Å². The lowest BCUT2D eigenvalue weighted by atomic mass is 10.1. The van der Waals surface area contributed by atoms with Gasteiger partial charge in [-0.25, -0.2) is 4.79 Å². The van der Waals surface area contributed by atoms with Gasteiger partial charge >= 0.3 is 6.09 Å². The molecule has 0 aromatic heterocycles. The van der Waals surface area contributed by atoms with Gasteiger partial charge in [0.05, 0.1) is 0 Å². The Kier molecular flexibility index (Phi) is 6.42. The lowest BCUT2D eigenvalue weighted by Crippen LogP contribution is -2.27. The molecule has 154 valence electrons. The van der Waals surface area contributed by atoms with Crippen molar-refractivity contribution in [3.05, 3.63) is 59.7 Å². The Balaban J connectivity index is 1.57. The molecule has 0 radical (unpaired) electrons. The van der Waals surface area contributed by atoms with Crippen molar-refractivity contribution in [3.8, 4) is 0 Å². The molecule has 1 heterocycles. The second kappa shape index (κ2) is 8.99. The molecule has 0 saturated carbocycles. The smallest absolute Gasteiger partial charge is 0.412 e. The van der Waals surface area contributed by atoms with Crippen LogP contribution in [0.25, 0.3) is 0 Å². The largest absolute Gasteiger partial charge is 0.444 e. The van der Waals surface area contributed by atoms with E-state index in [1.54, 1.807) is 24.3 Å². The lowest BCUT2D eigenvalue weighted by molar-refractivity contribution is 0.0635. The molecule has 0 bridgehead atoms. The first-order valence-electron chi connectivity index (χ1n) is 10.0. The highest BCUT2D eigenvalue weighted by Gasteiger charge is 2.17. The zero-order chi connectivity index (χ0) is 20.9. The summed E-state index contributed by atoms with van der Waals surface area (Å²) >= 11 is 0. The fraction of sp³-hybridized carbons (Fsp3) is 0.391. The van der Waals surface area contributed by atoms with Gasteiger partial charge in [0.2, 0.25) is 0 Å². The molecule has 6 nitrogen and oxygen atoms in total. The van der Waals surface area contributed by atoms with Crippen molar-refractivity contribution in [2.45, 2.75) is 45.8 Å². The topological polar surface area (TPSA) is 70.7 Å². The third kappa shape index (κ3) is 5.98. The molecule has 1 fully saturated rings. The Hall–Kier alpha value is -3.02. The molecule has 0 atom stereocenters. The van der Waals surface area contributed by atoms with E-state index in [0.29, 0.717) is 17.8 Å². The van der Waals surface area contributed by atoms with E-state index < -0.39 is 11.7 Å². The summed E-state index contributed by atoms with van der Waals surface area (Å²) in [4.78, 5) is 26.7.